The molecule has 0 aromatic rings. The van der Waals surface area contributed by atoms with Crippen LogP contribution < -0.4 is 5.32 Å². The van der Waals surface area contributed by atoms with Gasteiger partial charge in [-0.05, 0) is 40.0 Å². The summed E-state index contributed by atoms with van der Waals surface area (Å²) in [6.45, 7) is 6.37. The topological polar surface area (TPSA) is 95.9 Å². The van der Waals surface area contributed by atoms with Crippen LogP contribution in [-0.2, 0) is 14.3 Å². The fourth-order valence-corrected chi connectivity index (χ4v) is 2.68. The van der Waals surface area contributed by atoms with Gasteiger partial charge in [0, 0.05) is 24.8 Å². The molecule has 8 heteroatoms. The number of rotatable bonds is 7. The first-order valence-electron chi connectivity index (χ1n) is 7.76. The maximum atomic E-state index is 11.6. The monoisotopic (exact) mass is 346 g/mol. The number of carboxylic acid groups (broad SMARTS) is 1. The summed E-state index contributed by atoms with van der Waals surface area (Å²) < 4.78 is 5.06. The lowest BCUT2D eigenvalue weighted by Crippen LogP contribution is -2.43. The highest BCUT2D eigenvalue weighted by atomic mass is 32.1. The lowest BCUT2D eigenvalue weighted by atomic mass is 10.1. The molecular formula is C15H26N2O5S. The maximum Gasteiger partial charge on any atom is 0.408 e. The summed E-state index contributed by atoms with van der Waals surface area (Å²) in [5.74, 6) is -1.00. The molecule has 1 rings (SSSR count). The van der Waals surface area contributed by atoms with Gasteiger partial charge in [-0.2, -0.15) is 12.6 Å². The normalized spacial score (nSPS) is 19.6. The summed E-state index contributed by atoms with van der Waals surface area (Å²) in [6.07, 6.45) is 1.29. The van der Waals surface area contributed by atoms with Gasteiger partial charge in [-0.1, -0.05) is 0 Å². The molecule has 1 saturated heterocycles. The molecule has 2 amide bonds. The molecule has 0 aromatic carbocycles. The first-order chi connectivity index (χ1) is 10.6. The Bertz CT molecular complexity index is 450. The summed E-state index contributed by atoms with van der Waals surface area (Å²) >= 11 is 4.29. The van der Waals surface area contributed by atoms with Crippen LogP contribution in [0.25, 0.3) is 0 Å². The van der Waals surface area contributed by atoms with Crippen LogP contribution in [-0.4, -0.2) is 58.0 Å². The molecule has 0 bridgehead atoms. The van der Waals surface area contributed by atoms with E-state index in [1.54, 1.807) is 25.7 Å². The zero-order valence-electron chi connectivity index (χ0n) is 13.9. The molecule has 2 N–H and O–H groups in total. The van der Waals surface area contributed by atoms with E-state index >= 15 is 0 Å². The molecule has 132 valence electrons. The second-order valence-corrected chi connectivity index (χ2v) is 7.46. The van der Waals surface area contributed by atoms with Crippen LogP contribution in [0.15, 0.2) is 0 Å². The molecule has 1 unspecified atom stereocenters. The van der Waals surface area contributed by atoms with Crippen LogP contribution in [0.4, 0.5) is 4.79 Å². The van der Waals surface area contributed by atoms with Gasteiger partial charge in [0.25, 0.3) is 0 Å². The zero-order valence-corrected chi connectivity index (χ0v) is 14.8. The Morgan fingerprint density at radius 1 is 1.43 bits per heavy atom. The summed E-state index contributed by atoms with van der Waals surface area (Å²) in [5.41, 5.74) is -0.674. The van der Waals surface area contributed by atoms with Crippen LogP contribution in [0, 0.1) is 0 Å². The molecule has 0 radical (unpaired) electrons. The van der Waals surface area contributed by atoms with Gasteiger partial charge in [0.1, 0.15) is 11.6 Å². The van der Waals surface area contributed by atoms with Crippen molar-refractivity contribution in [3.63, 3.8) is 0 Å². The standard InChI is InChI=1S/C15H26N2O5S/c1-15(2,3)22-14(21)16-11(13(19)20)6-4-5-7-17-9-10(23)8-12(17)18/h10-11,23H,4-9H2,1-3H3,(H,16,21)(H,19,20)/t10?,11-/m0/s1. The molecular weight excluding hydrogens is 320 g/mol. The number of carbonyl (C=O) groups is 3. The number of aliphatic carboxylic acids is 1. The van der Waals surface area contributed by atoms with E-state index in [2.05, 4.69) is 17.9 Å². The number of amides is 2. The summed E-state index contributed by atoms with van der Waals surface area (Å²) in [7, 11) is 0. The smallest absolute Gasteiger partial charge is 0.408 e. The Morgan fingerprint density at radius 3 is 2.57 bits per heavy atom. The summed E-state index contributed by atoms with van der Waals surface area (Å²) in [5, 5.41) is 11.6. The minimum atomic E-state index is -1.09. The second kappa shape index (κ2) is 8.42. The molecule has 0 spiro atoms. The van der Waals surface area contributed by atoms with Gasteiger partial charge in [-0.25, -0.2) is 9.59 Å². The van der Waals surface area contributed by atoms with Crippen molar-refractivity contribution in [2.75, 3.05) is 13.1 Å². The van der Waals surface area contributed by atoms with Gasteiger partial charge < -0.3 is 20.1 Å². The van der Waals surface area contributed by atoms with Crippen LogP contribution in [0.5, 0.6) is 0 Å². The fourth-order valence-electron chi connectivity index (χ4n) is 2.33. The fraction of sp³-hybridized carbons (Fsp3) is 0.800. The average Bonchev–Trinajstić information content (AvgIpc) is 2.69. The molecule has 1 heterocycles. The molecule has 1 fully saturated rings. The summed E-state index contributed by atoms with van der Waals surface area (Å²) in [6, 6.07) is -0.989. The van der Waals surface area contributed by atoms with Gasteiger partial charge in [0.15, 0.2) is 0 Å². The molecule has 23 heavy (non-hydrogen) atoms. The Labute approximate surface area is 142 Å². The molecule has 0 aliphatic carbocycles. The third-order valence-corrected chi connectivity index (χ3v) is 3.70. The largest absolute Gasteiger partial charge is 0.480 e. The first-order valence-corrected chi connectivity index (χ1v) is 8.28. The van der Waals surface area contributed by atoms with Crippen molar-refractivity contribution in [3.8, 4) is 0 Å². The number of hydrogen-bond donors (Lipinski definition) is 3. The number of carbonyl (C=O) groups excluding carboxylic acids is 2. The van der Waals surface area contributed by atoms with Crippen molar-refractivity contribution >= 4 is 30.6 Å². The lowest BCUT2D eigenvalue weighted by Gasteiger charge is -2.22. The summed E-state index contributed by atoms with van der Waals surface area (Å²) in [4.78, 5) is 36.2. The van der Waals surface area contributed by atoms with Crippen LogP contribution in [0.3, 0.4) is 0 Å². The van der Waals surface area contributed by atoms with Crippen molar-refractivity contribution in [1.82, 2.24) is 10.2 Å². The van der Waals surface area contributed by atoms with Crippen molar-refractivity contribution in [2.24, 2.45) is 0 Å². The van der Waals surface area contributed by atoms with E-state index in [0.717, 1.165) is 0 Å². The number of thiol groups is 1. The van der Waals surface area contributed by atoms with Crippen LogP contribution >= 0.6 is 12.6 Å². The molecule has 2 atom stereocenters. The van der Waals surface area contributed by atoms with Gasteiger partial charge in [0.05, 0.1) is 0 Å². The number of likely N-dealkylation sites (tertiary alicyclic amines) is 1. The third kappa shape index (κ3) is 7.58. The Balaban J connectivity index is 2.32. The molecule has 1 aliphatic heterocycles. The maximum absolute atomic E-state index is 11.6. The number of carboxylic acids is 1. The van der Waals surface area contributed by atoms with Crippen LogP contribution in [0.2, 0.25) is 0 Å². The predicted molar refractivity (Wildman–Crippen MR) is 88.6 cm³/mol. The SMILES string of the molecule is CC(C)(C)OC(=O)N[C@@H](CCCCN1CC(S)CC1=O)C(=O)O. The predicted octanol–water partition coefficient (Wildman–Crippen LogP) is 1.67. The average molecular weight is 346 g/mol. The minimum Gasteiger partial charge on any atom is -0.480 e. The highest BCUT2D eigenvalue weighted by Gasteiger charge is 2.27. The van der Waals surface area contributed by atoms with E-state index in [9.17, 15) is 14.4 Å². The van der Waals surface area contributed by atoms with Gasteiger partial charge in [-0.15, -0.1) is 0 Å². The highest BCUT2D eigenvalue weighted by Crippen LogP contribution is 2.17. The Hall–Kier alpha value is -1.44. The number of nitrogens with zero attached hydrogens (tertiary/aromatic N) is 1. The van der Waals surface area contributed by atoms with E-state index < -0.39 is 23.7 Å². The van der Waals surface area contributed by atoms with E-state index in [-0.39, 0.29) is 11.2 Å². The number of ether oxygens (including phenoxy) is 1. The molecule has 0 aromatic heterocycles. The van der Waals surface area contributed by atoms with E-state index in [1.807, 2.05) is 0 Å². The number of hydrogen-bond acceptors (Lipinski definition) is 5. The highest BCUT2D eigenvalue weighted by molar-refractivity contribution is 7.81. The van der Waals surface area contributed by atoms with Crippen molar-refractivity contribution in [1.29, 1.82) is 0 Å². The molecule has 7 nitrogen and oxygen atoms in total. The first kappa shape index (κ1) is 19.6. The van der Waals surface area contributed by atoms with Crippen molar-refractivity contribution in [2.45, 2.75) is 63.3 Å². The minimum absolute atomic E-state index is 0.0862. The lowest BCUT2D eigenvalue weighted by molar-refractivity contribution is -0.139. The molecule has 0 saturated carbocycles. The van der Waals surface area contributed by atoms with Crippen molar-refractivity contribution in [3.05, 3.63) is 0 Å². The quantitative estimate of drug-likeness (QED) is 0.481. The third-order valence-electron chi connectivity index (χ3n) is 3.35. The Kier molecular flexibility index (Phi) is 7.18. The number of alkyl carbamates (subject to hydrolysis) is 1. The van der Waals surface area contributed by atoms with Gasteiger partial charge in [-0.3, -0.25) is 4.79 Å². The number of nitrogens with one attached hydrogen (secondary N) is 1. The van der Waals surface area contributed by atoms with Gasteiger partial charge in [0.2, 0.25) is 5.91 Å². The zero-order chi connectivity index (χ0) is 17.6. The van der Waals surface area contributed by atoms with Gasteiger partial charge >= 0.3 is 12.1 Å². The van der Waals surface area contributed by atoms with Crippen LogP contribution in [0.1, 0.15) is 46.5 Å². The number of unbranched alkanes of at least 4 members (excludes halogenated alkanes) is 1. The van der Waals surface area contributed by atoms with Crippen molar-refractivity contribution < 1.29 is 24.2 Å². The van der Waals surface area contributed by atoms with E-state index in [0.29, 0.717) is 38.8 Å². The van der Waals surface area contributed by atoms with E-state index in [4.69, 9.17) is 9.84 Å². The molecule has 1 aliphatic rings. The van der Waals surface area contributed by atoms with E-state index in [1.165, 1.54) is 0 Å². The second-order valence-electron chi connectivity index (χ2n) is 6.73. The Morgan fingerprint density at radius 2 is 2.09 bits per heavy atom.